The van der Waals surface area contributed by atoms with Crippen molar-refractivity contribution in [3.05, 3.63) is 33.8 Å². The first-order valence-corrected chi connectivity index (χ1v) is 8.08. The molecular weight excluding hydrogens is 293 g/mol. The summed E-state index contributed by atoms with van der Waals surface area (Å²) in [7, 11) is 1.81. The zero-order valence-electron chi connectivity index (χ0n) is 12.2. The highest BCUT2D eigenvalue weighted by atomic mass is 35.5. The summed E-state index contributed by atoms with van der Waals surface area (Å²) in [4.78, 5) is 0. The quantitative estimate of drug-likeness (QED) is 0.868. The van der Waals surface area contributed by atoms with E-state index >= 15 is 0 Å². The molecule has 1 aliphatic carbocycles. The van der Waals surface area contributed by atoms with Crippen LogP contribution in [0.3, 0.4) is 0 Å². The van der Waals surface area contributed by atoms with E-state index in [-0.39, 0.29) is 11.5 Å². The maximum Gasteiger partial charge on any atom is 0.0680 e. The molecule has 2 unspecified atom stereocenters. The van der Waals surface area contributed by atoms with Crippen molar-refractivity contribution in [2.45, 2.75) is 44.1 Å². The Kier molecular flexibility index (Phi) is 5.74. The maximum absolute atomic E-state index is 6.23. The van der Waals surface area contributed by atoms with Gasteiger partial charge in [0.1, 0.15) is 0 Å². The van der Waals surface area contributed by atoms with E-state index in [0.717, 1.165) is 25.9 Å². The molecule has 2 nitrogen and oxygen atoms in total. The molecule has 0 aliphatic heterocycles. The number of halogens is 2. The lowest BCUT2D eigenvalue weighted by Gasteiger charge is -2.44. The minimum Gasteiger partial charge on any atom is -0.380 e. The topological polar surface area (TPSA) is 21.3 Å². The molecule has 1 aromatic rings. The summed E-state index contributed by atoms with van der Waals surface area (Å²) in [6.45, 7) is 4.01. The van der Waals surface area contributed by atoms with Gasteiger partial charge in [0.15, 0.2) is 0 Å². The highest BCUT2D eigenvalue weighted by Crippen LogP contribution is 2.42. The molecule has 2 atom stereocenters. The molecule has 1 fully saturated rings. The number of nitrogens with one attached hydrogen (secondary N) is 1. The second kappa shape index (κ2) is 7.13. The number of hydrogen-bond donors (Lipinski definition) is 1. The number of rotatable bonds is 5. The number of likely N-dealkylation sites (N-methyl/N-ethyl adjacent to an activating group) is 1. The van der Waals surface area contributed by atoms with Crippen LogP contribution in [0.1, 0.15) is 38.2 Å². The first kappa shape index (κ1) is 16.1. The first-order chi connectivity index (χ1) is 9.64. The van der Waals surface area contributed by atoms with Crippen molar-refractivity contribution < 1.29 is 4.74 Å². The normalized spacial score (nSPS) is 26.7. The van der Waals surface area contributed by atoms with Gasteiger partial charge < -0.3 is 10.1 Å². The standard InChI is InChI=1S/C16H23Cl2NO/c1-3-19-11-16(9-5-4-6-15(16)20-2)12-7-8-13(17)14(18)10-12/h7-8,10,15,19H,3-6,9,11H2,1-2H3. The van der Waals surface area contributed by atoms with E-state index in [0.29, 0.717) is 10.0 Å². The lowest BCUT2D eigenvalue weighted by Crippen LogP contribution is -2.50. The van der Waals surface area contributed by atoms with Crippen LogP contribution in [0.25, 0.3) is 0 Å². The second-order valence-corrected chi connectivity index (χ2v) is 6.35. The van der Waals surface area contributed by atoms with Crippen LogP contribution in [0.5, 0.6) is 0 Å². The highest BCUT2D eigenvalue weighted by molar-refractivity contribution is 6.42. The van der Waals surface area contributed by atoms with Crippen molar-refractivity contribution in [2.24, 2.45) is 0 Å². The predicted molar refractivity (Wildman–Crippen MR) is 85.9 cm³/mol. The van der Waals surface area contributed by atoms with Crippen molar-refractivity contribution in [1.29, 1.82) is 0 Å². The molecule has 4 heteroatoms. The summed E-state index contributed by atoms with van der Waals surface area (Å²) >= 11 is 12.3. The fourth-order valence-electron chi connectivity index (χ4n) is 3.34. The van der Waals surface area contributed by atoms with Gasteiger partial charge >= 0.3 is 0 Å². The molecule has 20 heavy (non-hydrogen) atoms. The van der Waals surface area contributed by atoms with Gasteiger partial charge in [-0.2, -0.15) is 0 Å². The van der Waals surface area contributed by atoms with E-state index in [1.807, 2.05) is 19.2 Å². The van der Waals surface area contributed by atoms with Gasteiger partial charge in [0.05, 0.1) is 16.1 Å². The monoisotopic (exact) mass is 315 g/mol. The molecule has 0 bridgehead atoms. The Morgan fingerprint density at radius 2 is 2.10 bits per heavy atom. The molecule has 0 radical (unpaired) electrons. The van der Waals surface area contributed by atoms with Crippen molar-refractivity contribution in [3.63, 3.8) is 0 Å². The van der Waals surface area contributed by atoms with Gasteiger partial charge in [-0.05, 0) is 37.1 Å². The van der Waals surface area contributed by atoms with Crippen LogP contribution in [-0.4, -0.2) is 26.3 Å². The van der Waals surface area contributed by atoms with Crippen LogP contribution < -0.4 is 5.32 Å². The summed E-state index contributed by atoms with van der Waals surface area (Å²) in [5.41, 5.74) is 1.23. The van der Waals surface area contributed by atoms with E-state index in [1.54, 1.807) is 0 Å². The molecule has 112 valence electrons. The Labute approximate surface area is 131 Å². The lowest BCUT2D eigenvalue weighted by atomic mass is 9.67. The summed E-state index contributed by atoms with van der Waals surface area (Å²) in [5.74, 6) is 0. The third-order valence-electron chi connectivity index (χ3n) is 4.43. The van der Waals surface area contributed by atoms with Crippen LogP contribution in [0.15, 0.2) is 18.2 Å². The highest BCUT2D eigenvalue weighted by Gasteiger charge is 2.42. The molecule has 1 aliphatic rings. The SMILES string of the molecule is CCNCC1(c2ccc(Cl)c(Cl)c2)CCCCC1OC. The average molecular weight is 316 g/mol. The van der Waals surface area contributed by atoms with Gasteiger partial charge in [0.25, 0.3) is 0 Å². The fraction of sp³-hybridized carbons (Fsp3) is 0.625. The summed E-state index contributed by atoms with van der Waals surface area (Å²) < 4.78 is 5.81. The van der Waals surface area contributed by atoms with Crippen LogP contribution >= 0.6 is 23.2 Å². The molecule has 1 N–H and O–H groups in total. The zero-order valence-corrected chi connectivity index (χ0v) is 13.7. The van der Waals surface area contributed by atoms with E-state index in [4.69, 9.17) is 27.9 Å². The maximum atomic E-state index is 6.23. The number of hydrogen-bond acceptors (Lipinski definition) is 2. The average Bonchev–Trinajstić information content (AvgIpc) is 2.48. The van der Waals surface area contributed by atoms with Gasteiger partial charge in [-0.3, -0.25) is 0 Å². The summed E-state index contributed by atoms with van der Waals surface area (Å²) in [5, 5.41) is 4.74. The van der Waals surface area contributed by atoms with Crippen molar-refractivity contribution in [1.82, 2.24) is 5.32 Å². The predicted octanol–water partition coefficient (Wildman–Crippen LogP) is 4.43. The fourth-order valence-corrected chi connectivity index (χ4v) is 3.64. The van der Waals surface area contributed by atoms with Gasteiger partial charge in [-0.15, -0.1) is 0 Å². The Hall–Kier alpha value is -0.280. The third-order valence-corrected chi connectivity index (χ3v) is 5.16. The van der Waals surface area contributed by atoms with Crippen LogP contribution in [0.4, 0.5) is 0 Å². The molecule has 0 aromatic heterocycles. The van der Waals surface area contributed by atoms with Gasteiger partial charge in [-0.25, -0.2) is 0 Å². The van der Waals surface area contributed by atoms with E-state index in [1.165, 1.54) is 18.4 Å². The van der Waals surface area contributed by atoms with Crippen LogP contribution in [0.2, 0.25) is 10.0 Å². The minimum atomic E-state index is -0.00274. The van der Waals surface area contributed by atoms with Gasteiger partial charge in [0.2, 0.25) is 0 Å². The summed E-state index contributed by atoms with van der Waals surface area (Å²) in [6, 6.07) is 6.01. The molecule has 0 saturated heterocycles. The molecule has 0 amide bonds. The van der Waals surface area contributed by atoms with Crippen molar-refractivity contribution in [3.8, 4) is 0 Å². The number of methoxy groups -OCH3 is 1. The second-order valence-electron chi connectivity index (χ2n) is 5.54. The third kappa shape index (κ3) is 3.14. The Morgan fingerprint density at radius 1 is 1.30 bits per heavy atom. The Balaban J connectivity index is 2.40. The molecule has 0 spiro atoms. The number of benzene rings is 1. The largest absolute Gasteiger partial charge is 0.380 e. The molecule has 0 heterocycles. The van der Waals surface area contributed by atoms with Crippen molar-refractivity contribution >= 4 is 23.2 Å². The van der Waals surface area contributed by atoms with Gasteiger partial charge in [0, 0.05) is 19.1 Å². The molecule has 1 aromatic carbocycles. The zero-order chi connectivity index (χ0) is 14.6. The molecule has 1 saturated carbocycles. The molecule has 2 rings (SSSR count). The first-order valence-electron chi connectivity index (χ1n) is 7.33. The number of ether oxygens (including phenoxy) is 1. The smallest absolute Gasteiger partial charge is 0.0680 e. The molecular formula is C16H23Cl2NO. The van der Waals surface area contributed by atoms with Crippen molar-refractivity contribution in [2.75, 3.05) is 20.2 Å². The minimum absolute atomic E-state index is 0.00274. The van der Waals surface area contributed by atoms with E-state index < -0.39 is 0 Å². The summed E-state index contributed by atoms with van der Waals surface area (Å²) in [6.07, 6.45) is 4.91. The van der Waals surface area contributed by atoms with E-state index in [9.17, 15) is 0 Å². The Bertz CT molecular complexity index is 452. The van der Waals surface area contributed by atoms with E-state index in [2.05, 4.69) is 18.3 Å². The van der Waals surface area contributed by atoms with Crippen LogP contribution in [-0.2, 0) is 10.2 Å². The van der Waals surface area contributed by atoms with Gasteiger partial charge in [-0.1, -0.05) is 49.0 Å². The lowest BCUT2D eigenvalue weighted by molar-refractivity contribution is 0.00156. The Morgan fingerprint density at radius 3 is 2.75 bits per heavy atom. The van der Waals surface area contributed by atoms with Crippen LogP contribution in [0, 0.1) is 0 Å².